The number of carbonyl (C=O) groups is 1. The summed E-state index contributed by atoms with van der Waals surface area (Å²) < 4.78 is 24.4. The average molecular weight is 476 g/mol. The zero-order valence-corrected chi connectivity index (χ0v) is 20.3. The summed E-state index contributed by atoms with van der Waals surface area (Å²) >= 11 is 0. The van der Waals surface area contributed by atoms with E-state index in [9.17, 15) is 18.3 Å². The summed E-state index contributed by atoms with van der Waals surface area (Å²) in [4.78, 5) is 20.9. The molecule has 2 heterocycles. The van der Waals surface area contributed by atoms with Gasteiger partial charge in [0.25, 0.3) is 5.91 Å². The van der Waals surface area contributed by atoms with Crippen molar-refractivity contribution < 1.29 is 18.3 Å². The van der Waals surface area contributed by atoms with E-state index < -0.39 is 16.1 Å². The fraction of sp³-hybridized carbons (Fsp3) is 0.478. The summed E-state index contributed by atoms with van der Waals surface area (Å²) in [5, 5.41) is 13.2. The highest BCUT2D eigenvalue weighted by molar-refractivity contribution is 7.88. The van der Waals surface area contributed by atoms with E-state index in [1.807, 2.05) is 6.07 Å². The van der Waals surface area contributed by atoms with E-state index >= 15 is 0 Å². The molecule has 1 aliphatic heterocycles. The molecule has 0 saturated carbocycles. The second-order valence-electron chi connectivity index (χ2n) is 8.53. The van der Waals surface area contributed by atoms with Gasteiger partial charge in [0.15, 0.2) is 0 Å². The summed E-state index contributed by atoms with van der Waals surface area (Å²) in [6.07, 6.45) is 3.00. The lowest BCUT2D eigenvalue weighted by molar-refractivity contribution is 0.0842. The Kier molecular flexibility index (Phi) is 8.41. The first-order valence-electron chi connectivity index (χ1n) is 11.0. The van der Waals surface area contributed by atoms with Gasteiger partial charge in [-0.3, -0.25) is 9.69 Å². The van der Waals surface area contributed by atoms with Crippen LogP contribution in [0.5, 0.6) is 0 Å². The fourth-order valence-corrected chi connectivity index (χ4v) is 4.14. The van der Waals surface area contributed by atoms with Crippen LogP contribution in [0.1, 0.15) is 21.5 Å². The number of nitrogens with zero attached hydrogens (tertiary/aromatic N) is 4. The maximum Gasteiger partial charge on any atom is 0.251 e. The Hall–Kier alpha value is -2.53. The fourth-order valence-electron chi connectivity index (χ4n) is 3.72. The van der Waals surface area contributed by atoms with Gasteiger partial charge in [-0.05, 0) is 29.7 Å². The smallest absolute Gasteiger partial charge is 0.251 e. The Morgan fingerprint density at radius 3 is 2.67 bits per heavy atom. The lowest BCUT2D eigenvalue weighted by atomic mass is 10.00. The van der Waals surface area contributed by atoms with Crippen LogP contribution in [0.3, 0.4) is 0 Å². The maximum atomic E-state index is 12.6. The number of sulfonamides is 1. The van der Waals surface area contributed by atoms with E-state index in [0.29, 0.717) is 31.0 Å². The van der Waals surface area contributed by atoms with Crippen LogP contribution in [-0.4, -0.2) is 92.8 Å². The Bertz CT molecular complexity index is 1060. The largest absolute Gasteiger partial charge is 0.390 e. The van der Waals surface area contributed by atoms with Gasteiger partial charge in [0.2, 0.25) is 10.0 Å². The first-order valence-corrected chi connectivity index (χ1v) is 12.8. The number of pyridine rings is 1. The van der Waals surface area contributed by atoms with Crippen molar-refractivity contribution in [2.75, 3.05) is 58.0 Å². The highest BCUT2D eigenvalue weighted by Crippen LogP contribution is 2.18. The number of β-amino-alcohol motifs (C(OH)–C–C–N with tert-alkyl or cyclic N) is 1. The molecule has 2 aromatic rings. The van der Waals surface area contributed by atoms with Crippen LogP contribution in [0.4, 0.5) is 5.82 Å². The van der Waals surface area contributed by atoms with E-state index in [2.05, 4.69) is 33.4 Å². The number of anilines is 1. The van der Waals surface area contributed by atoms with Gasteiger partial charge in [0.1, 0.15) is 5.82 Å². The molecule has 0 fully saturated rings. The first kappa shape index (κ1) is 25.1. The number of hydrogen-bond donors (Lipinski definition) is 2. The number of aliphatic hydroxyl groups is 1. The van der Waals surface area contributed by atoms with Crippen LogP contribution in [0.2, 0.25) is 0 Å². The normalized spacial score (nSPS) is 15.2. The molecule has 0 saturated heterocycles. The molecule has 0 aliphatic carbocycles. The lowest BCUT2D eigenvalue weighted by Gasteiger charge is -2.30. The molecule has 1 aromatic carbocycles. The van der Waals surface area contributed by atoms with Crippen LogP contribution >= 0.6 is 0 Å². The Morgan fingerprint density at radius 2 is 1.94 bits per heavy atom. The molecule has 3 rings (SSSR count). The SMILES string of the molecule is CN(CCN(C)S(C)(=O)=O)c1cc(C(=O)NCC(O)CN2CCc3ccccc3C2)ccn1. The molecule has 1 aliphatic rings. The summed E-state index contributed by atoms with van der Waals surface area (Å²) in [7, 11) is 0.0662. The molecule has 0 radical (unpaired) electrons. The number of aromatic nitrogens is 1. The van der Waals surface area contributed by atoms with Gasteiger partial charge in [-0.25, -0.2) is 17.7 Å². The highest BCUT2D eigenvalue weighted by atomic mass is 32.2. The van der Waals surface area contributed by atoms with Crippen LogP contribution in [0, 0.1) is 0 Å². The standard InChI is InChI=1S/C23H33N5O4S/c1-26(12-13-27(2)33(3,31)32)22-14-19(8-10-24-22)23(30)25-15-21(29)17-28-11-9-18-6-4-5-7-20(18)16-28/h4-8,10,14,21,29H,9,11-13,15-17H2,1-3H3,(H,25,30). The minimum absolute atomic E-state index is 0.156. The van der Waals surface area contributed by atoms with Gasteiger partial charge in [0.05, 0.1) is 12.4 Å². The number of fused-ring (bicyclic) bond motifs is 1. The minimum Gasteiger partial charge on any atom is -0.390 e. The predicted molar refractivity (Wildman–Crippen MR) is 129 cm³/mol. The lowest BCUT2D eigenvalue weighted by Crippen LogP contribution is -2.42. The zero-order chi connectivity index (χ0) is 24.0. The number of likely N-dealkylation sites (N-methyl/N-ethyl adjacent to an activating group) is 2. The van der Waals surface area contributed by atoms with E-state index in [-0.39, 0.29) is 12.5 Å². The van der Waals surface area contributed by atoms with Crippen molar-refractivity contribution in [3.8, 4) is 0 Å². The van der Waals surface area contributed by atoms with Crippen molar-refractivity contribution in [1.29, 1.82) is 0 Å². The van der Waals surface area contributed by atoms with E-state index in [0.717, 1.165) is 25.8 Å². The van der Waals surface area contributed by atoms with Crippen molar-refractivity contribution in [2.24, 2.45) is 0 Å². The van der Waals surface area contributed by atoms with Crippen molar-refractivity contribution in [3.05, 3.63) is 59.3 Å². The quantitative estimate of drug-likeness (QED) is 0.517. The maximum absolute atomic E-state index is 12.6. The molecule has 180 valence electrons. The molecule has 0 bridgehead atoms. The van der Waals surface area contributed by atoms with Gasteiger partial charge in [-0.1, -0.05) is 24.3 Å². The number of benzene rings is 1. The highest BCUT2D eigenvalue weighted by Gasteiger charge is 2.19. The molecule has 10 heteroatoms. The summed E-state index contributed by atoms with van der Waals surface area (Å²) in [6, 6.07) is 11.6. The van der Waals surface area contributed by atoms with Gasteiger partial charge in [-0.15, -0.1) is 0 Å². The first-order chi connectivity index (χ1) is 15.6. The van der Waals surface area contributed by atoms with Crippen LogP contribution in [-0.2, 0) is 23.0 Å². The Balaban J connectivity index is 1.48. The third kappa shape index (κ3) is 7.23. The molecular weight excluding hydrogens is 442 g/mol. The molecule has 9 nitrogen and oxygen atoms in total. The zero-order valence-electron chi connectivity index (χ0n) is 19.4. The van der Waals surface area contributed by atoms with E-state index in [1.165, 1.54) is 22.5 Å². The Labute approximate surface area is 196 Å². The number of rotatable bonds is 10. The second kappa shape index (κ2) is 11.1. The van der Waals surface area contributed by atoms with Crippen LogP contribution in [0.15, 0.2) is 42.6 Å². The molecule has 0 spiro atoms. The van der Waals surface area contributed by atoms with Crippen molar-refractivity contribution in [3.63, 3.8) is 0 Å². The summed E-state index contributed by atoms with van der Waals surface area (Å²) in [6.45, 7) is 3.07. The Morgan fingerprint density at radius 1 is 1.21 bits per heavy atom. The number of amides is 1. The van der Waals surface area contributed by atoms with Gasteiger partial charge in [-0.2, -0.15) is 0 Å². The van der Waals surface area contributed by atoms with Crippen LogP contribution in [0.25, 0.3) is 0 Å². The molecule has 2 N–H and O–H groups in total. The number of hydrogen-bond acceptors (Lipinski definition) is 7. The summed E-state index contributed by atoms with van der Waals surface area (Å²) in [5.41, 5.74) is 3.08. The number of aliphatic hydroxyl groups excluding tert-OH is 1. The molecule has 1 atom stereocenters. The van der Waals surface area contributed by atoms with Crippen molar-refractivity contribution >= 4 is 21.7 Å². The molecule has 33 heavy (non-hydrogen) atoms. The molecular formula is C23H33N5O4S. The monoisotopic (exact) mass is 475 g/mol. The van der Waals surface area contributed by atoms with E-state index in [4.69, 9.17) is 0 Å². The van der Waals surface area contributed by atoms with Gasteiger partial charge < -0.3 is 15.3 Å². The molecule has 1 aromatic heterocycles. The number of carbonyl (C=O) groups excluding carboxylic acids is 1. The van der Waals surface area contributed by atoms with Gasteiger partial charge >= 0.3 is 0 Å². The minimum atomic E-state index is -3.25. The average Bonchev–Trinajstić information content (AvgIpc) is 2.80. The second-order valence-corrected chi connectivity index (χ2v) is 10.6. The van der Waals surface area contributed by atoms with Crippen molar-refractivity contribution in [1.82, 2.24) is 19.5 Å². The third-order valence-electron chi connectivity index (χ3n) is 5.89. The molecule has 1 amide bonds. The number of nitrogens with one attached hydrogen (secondary N) is 1. The van der Waals surface area contributed by atoms with Crippen LogP contribution < -0.4 is 10.2 Å². The van der Waals surface area contributed by atoms with E-state index in [1.54, 1.807) is 30.3 Å². The predicted octanol–water partition coefficient (Wildman–Crippen LogP) is 0.558. The molecule has 1 unspecified atom stereocenters. The summed E-state index contributed by atoms with van der Waals surface area (Å²) in [5.74, 6) is 0.278. The van der Waals surface area contributed by atoms with Crippen molar-refractivity contribution in [2.45, 2.75) is 19.1 Å². The topological polar surface area (TPSA) is 106 Å². The van der Waals surface area contributed by atoms with Gasteiger partial charge in [0, 0.05) is 65.1 Å². The third-order valence-corrected chi connectivity index (χ3v) is 7.21.